The summed E-state index contributed by atoms with van der Waals surface area (Å²) in [6.07, 6.45) is 2.15. The van der Waals surface area contributed by atoms with Crippen LogP contribution in [-0.2, 0) is 11.2 Å². The summed E-state index contributed by atoms with van der Waals surface area (Å²) >= 11 is 0. The van der Waals surface area contributed by atoms with Gasteiger partial charge in [0.15, 0.2) is 0 Å². The highest BCUT2D eigenvalue weighted by atomic mass is 16.5. The molecule has 1 fully saturated rings. The van der Waals surface area contributed by atoms with E-state index in [-0.39, 0.29) is 12.7 Å². The molecule has 1 saturated carbocycles. The Morgan fingerprint density at radius 1 is 1.47 bits per heavy atom. The Balaban J connectivity index is 2.05. The van der Waals surface area contributed by atoms with Crippen molar-refractivity contribution in [3.63, 3.8) is 0 Å². The van der Waals surface area contributed by atoms with E-state index in [1.807, 2.05) is 24.3 Å². The molecule has 1 aliphatic rings. The minimum atomic E-state index is -0.948. The van der Waals surface area contributed by atoms with Gasteiger partial charge in [0.05, 0.1) is 5.54 Å². The van der Waals surface area contributed by atoms with E-state index in [1.165, 1.54) is 0 Å². The molecule has 1 aromatic carbocycles. The molecule has 1 amide bonds. The van der Waals surface area contributed by atoms with Crippen LogP contribution in [0.25, 0.3) is 0 Å². The van der Waals surface area contributed by atoms with Gasteiger partial charge in [-0.15, -0.1) is 0 Å². The molecule has 2 rings (SSSR count). The lowest BCUT2D eigenvalue weighted by atomic mass is 9.98. The summed E-state index contributed by atoms with van der Waals surface area (Å²) in [5.41, 5.74) is 11.3. The number of hydrogen-bond acceptors (Lipinski definition) is 4. The summed E-state index contributed by atoms with van der Waals surface area (Å²) in [5.74, 6) is 0.275. The van der Waals surface area contributed by atoms with E-state index in [2.05, 4.69) is 0 Å². The van der Waals surface area contributed by atoms with Gasteiger partial charge in [-0.2, -0.15) is 0 Å². The van der Waals surface area contributed by atoms with Crippen molar-refractivity contribution in [2.45, 2.75) is 37.3 Å². The number of aliphatic hydroxyl groups excluding tert-OH is 1. The van der Waals surface area contributed by atoms with Crippen molar-refractivity contribution in [2.75, 3.05) is 6.61 Å². The zero-order valence-corrected chi connectivity index (χ0v) is 10.8. The number of para-hydroxylation sites is 1. The predicted molar refractivity (Wildman–Crippen MR) is 71.6 cm³/mol. The summed E-state index contributed by atoms with van der Waals surface area (Å²) in [6, 6.07) is 7.58. The largest absolute Gasteiger partial charge is 0.490 e. The van der Waals surface area contributed by atoms with Gasteiger partial charge in [0.25, 0.3) is 0 Å². The van der Waals surface area contributed by atoms with E-state index in [0.29, 0.717) is 25.7 Å². The van der Waals surface area contributed by atoms with E-state index in [9.17, 15) is 4.79 Å². The third-order valence-electron chi connectivity index (χ3n) is 3.64. The van der Waals surface area contributed by atoms with E-state index in [4.69, 9.17) is 21.3 Å². The lowest BCUT2D eigenvalue weighted by Gasteiger charge is -2.20. The number of hydrogen-bond donors (Lipinski definition) is 3. The third kappa shape index (κ3) is 3.05. The molecule has 0 aromatic heterocycles. The lowest BCUT2D eigenvalue weighted by Crippen LogP contribution is -2.50. The van der Waals surface area contributed by atoms with E-state index >= 15 is 0 Å². The third-order valence-corrected chi connectivity index (χ3v) is 3.64. The van der Waals surface area contributed by atoms with Crippen LogP contribution in [0.2, 0.25) is 0 Å². The van der Waals surface area contributed by atoms with Gasteiger partial charge < -0.3 is 21.3 Å². The van der Waals surface area contributed by atoms with E-state index in [1.54, 1.807) is 0 Å². The number of nitrogens with two attached hydrogens (primary N) is 2. The number of amides is 1. The molecule has 0 bridgehead atoms. The first-order valence-corrected chi connectivity index (χ1v) is 6.49. The van der Waals surface area contributed by atoms with Gasteiger partial charge in [-0.05, 0) is 30.9 Å². The first-order chi connectivity index (χ1) is 9.05. The number of ether oxygens (including phenoxy) is 1. The van der Waals surface area contributed by atoms with Crippen LogP contribution < -0.4 is 16.2 Å². The van der Waals surface area contributed by atoms with Gasteiger partial charge >= 0.3 is 0 Å². The first kappa shape index (κ1) is 13.8. The predicted octanol–water partition coefficient (Wildman–Crippen LogP) is 0.335. The number of carbonyl (C=O) groups is 1. The fraction of sp³-hybridized carbons (Fsp3) is 0.500. The number of carbonyl (C=O) groups excluding carboxylic acids is 1. The van der Waals surface area contributed by atoms with Crippen LogP contribution in [0, 0.1) is 0 Å². The molecule has 1 aliphatic carbocycles. The molecule has 0 heterocycles. The van der Waals surface area contributed by atoms with Crippen LogP contribution in [0.5, 0.6) is 5.75 Å². The maximum atomic E-state index is 11.3. The van der Waals surface area contributed by atoms with E-state index < -0.39 is 11.4 Å². The Bertz CT molecular complexity index is 464. The SMILES string of the molecule is NC(=O)C1(N)CCC(Oc2ccccc2CCO)C1. The smallest absolute Gasteiger partial charge is 0.237 e. The molecule has 5 heteroatoms. The van der Waals surface area contributed by atoms with Crippen LogP contribution in [0.3, 0.4) is 0 Å². The highest BCUT2D eigenvalue weighted by Gasteiger charge is 2.41. The average Bonchev–Trinajstić information content (AvgIpc) is 2.75. The lowest BCUT2D eigenvalue weighted by molar-refractivity contribution is -0.123. The summed E-state index contributed by atoms with van der Waals surface area (Å²) in [6.45, 7) is 0.0765. The topological polar surface area (TPSA) is 98.6 Å². The second kappa shape index (κ2) is 5.59. The summed E-state index contributed by atoms with van der Waals surface area (Å²) < 4.78 is 5.91. The first-order valence-electron chi connectivity index (χ1n) is 6.49. The summed E-state index contributed by atoms with van der Waals surface area (Å²) in [7, 11) is 0. The molecular weight excluding hydrogens is 244 g/mol. The highest BCUT2D eigenvalue weighted by Crippen LogP contribution is 2.32. The summed E-state index contributed by atoms with van der Waals surface area (Å²) in [5, 5.41) is 9.02. The molecule has 104 valence electrons. The zero-order chi connectivity index (χ0) is 13.9. The molecule has 0 saturated heterocycles. The molecule has 2 atom stereocenters. The number of aliphatic hydroxyl groups is 1. The van der Waals surface area contributed by atoms with Gasteiger partial charge in [-0.1, -0.05) is 18.2 Å². The fourth-order valence-corrected chi connectivity index (χ4v) is 2.48. The number of benzene rings is 1. The fourth-order valence-electron chi connectivity index (χ4n) is 2.48. The zero-order valence-electron chi connectivity index (χ0n) is 10.8. The number of rotatable bonds is 5. The van der Waals surface area contributed by atoms with Crippen LogP contribution in [-0.4, -0.2) is 29.3 Å². The minimum absolute atomic E-state index is 0.0765. The molecule has 0 spiro atoms. The molecule has 19 heavy (non-hydrogen) atoms. The Labute approximate surface area is 112 Å². The molecule has 1 aromatic rings. The Hall–Kier alpha value is -1.59. The van der Waals surface area contributed by atoms with Crippen molar-refractivity contribution in [3.8, 4) is 5.75 Å². The minimum Gasteiger partial charge on any atom is -0.490 e. The van der Waals surface area contributed by atoms with Crippen LogP contribution >= 0.6 is 0 Å². The van der Waals surface area contributed by atoms with Crippen molar-refractivity contribution in [3.05, 3.63) is 29.8 Å². The Kier molecular flexibility index (Phi) is 4.07. The Morgan fingerprint density at radius 3 is 2.84 bits per heavy atom. The quantitative estimate of drug-likeness (QED) is 0.714. The standard InChI is InChI=1S/C14H20N2O3/c15-13(18)14(16)7-5-11(9-14)19-12-4-2-1-3-10(12)6-8-17/h1-4,11,17H,5-9,16H2,(H2,15,18). The van der Waals surface area contributed by atoms with Crippen LogP contribution in [0.4, 0.5) is 0 Å². The van der Waals surface area contributed by atoms with Gasteiger partial charge in [0.2, 0.25) is 5.91 Å². The molecule has 5 N–H and O–H groups in total. The Morgan fingerprint density at radius 2 is 2.21 bits per heavy atom. The van der Waals surface area contributed by atoms with Crippen molar-refractivity contribution in [1.82, 2.24) is 0 Å². The normalized spacial score (nSPS) is 26.3. The van der Waals surface area contributed by atoms with Crippen molar-refractivity contribution in [1.29, 1.82) is 0 Å². The van der Waals surface area contributed by atoms with Crippen molar-refractivity contribution in [2.24, 2.45) is 11.5 Å². The van der Waals surface area contributed by atoms with Crippen LogP contribution in [0.15, 0.2) is 24.3 Å². The van der Waals surface area contributed by atoms with Gasteiger partial charge in [-0.25, -0.2) is 0 Å². The molecular formula is C14H20N2O3. The number of primary amides is 1. The maximum absolute atomic E-state index is 11.3. The average molecular weight is 264 g/mol. The second-order valence-electron chi connectivity index (χ2n) is 5.08. The maximum Gasteiger partial charge on any atom is 0.237 e. The molecule has 2 unspecified atom stereocenters. The monoisotopic (exact) mass is 264 g/mol. The molecule has 0 aliphatic heterocycles. The van der Waals surface area contributed by atoms with Crippen molar-refractivity contribution < 1.29 is 14.6 Å². The van der Waals surface area contributed by atoms with Gasteiger partial charge in [0, 0.05) is 13.0 Å². The van der Waals surface area contributed by atoms with Crippen molar-refractivity contribution >= 4 is 5.91 Å². The van der Waals surface area contributed by atoms with Gasteiger partial charge in [-0.3, -0.25) is 4.79 Å². The van der Waals surface area contributed by atoms with E-state index in [0.717, 1.165) is 11.3 Å². The summed E-state index contributed by atoms with van der Waals surface area (Å²) in [4.78, 5) is 11.3. The van der Waals surface area contributed by atoms with Gasteiger partial charge in [0.1, 0.15) is 11.9 Å². The second-order valence-corrected chi connectivity index (χ2v) is 5.08. The molecule has 0 radical (unpaired) electrons. The van der Waals surface area contributed by atoms with Crippen LogP contribution in [0.1, 0.15) is 24.8 Å². The highest BCUT2D eigenvalue weighted by molar-refractivity contribution is 5.84. The molecule has 5 nitrogen and oxygen atoms in total.